The molecule has 0 bridgehead atoms. The van der Waals surface area contributed by atoms with E-state index in [0.29, 0.717) is 5.69 Å². The van der Waals surface area contributed by atoms with Crippen molar-refractivity contribution in [2.75, 3.05) is 17.1 Å². The van der Waals surface area contributed by atoms with Gasteiger partial charge in [-0.3, -0.25) is 4.72 Å². The zero-order chi connectivity index (χ0) is 14.6. The first-order valence-corrected chi connectivity index (χ1v) is 7.35. The Labute approximate surface area is 117 Å². The highest BCUT2D eigenvalue weighted by molar-refractivity contribution is 7.92. The van der Waals surface area contributed by atoms with Crippen LogP contribution in [-0.2, 0) is 10.0 Å². The van der Waals surface area contributed by atoms with E-state index in [-0.39, 0.29) is 10.5 Å². The molecule has 6 heteroatoms. The minimum Gasteiger partial charge on any atom is -0.388 e. The van der Waals surface area contributed by atoms with Crippen molar-refractivity contribution >= 4 is 21.4 Å². The summed E-state index contributed by atoms with van der Waals surface area (Å²) in [7, 11) is -1.99. The molecule has 2 aromatic rings. The van der Waals surface area contributed by atoms with Crippen LogP contribution < -0.4 is 10.0 Å². The van der Waals surface area contributed by atoms with Crippen molar-refractivity contribution in [3.05, 3.63) is 54.1 Å². The number of nitrogens with one attached hydrogen (secondary N) is 2. The summed E-state index contributed by atoms with van der Waals surface area (Å²) in [6.07, 6.45) is 0. The molecule has 2 aromatic carbocycles. The lowest BCUT2D eigenvalue weighted by atomic mass is 10.2. The van der Waals surface area contributed by atoms with Crippen LogP contribution in [0.1, 0.15) is 5.56 Å². The van der Waals surface area contributed by atoms with Crippen LogP contribution in [0.15, 0.2) is 53.4 Å². The van der Waals surface area contributed by atoms with Crippen LogP contribution in [0.3, 0.4) is 0 Å². The number of nitrogens with zero attached hydrogens (tertiary/aromatic N) is 1. The first-order chi connectivity index (χ1) is 9.56. The van der Waals surface area contributed by atoms with E-state index in [1.54, 1.807) is 43.4 Å². The maximum Gasteiger partial charge on any atom is 0.263 e. The lowest BCUT2D eigenvalue weighted by molar-refractivity contribution is 0.601. The van der Waals surface area contributed by atoms with Gasteiger partial charge in [0.1, 0.15) is 11.0 Å². The predicted octanol–water partition coefficient (Wildman–Crippen LogP) is 2.40. The fourth-order valence-corrected chi connectivity index (χ4v) is 2.93. The summed E-state index contributed by atoms with van der Waals surface area (Å²) in [6, 6.07) is 14.8. The van der Waals surface area contributed by atoms with Crippen molar-refractivity contribution in [1.82, 2.24) is 0 Å². The van der Waals surface area contributed by atoms with Crippen molar-refractivity contribution in [3.8, 4) is 6.07 Å². The summed E-state index contributed by atoms with van der Waals surface area (Å²) in [5.41, 5.74) is 1.44. The van der Waals surface area contributed by atoms with Gasteiger partial charge < -0.3 is 5.32 Å². The largest absolute Gasteiger partial charge is 0.388 e. The van der Waals surface area contributed by atoms with E-state index in [4.69, 9.17) is 5.26 Å². The molecular formula is C14H13N3O2S. The van der Waals surface area contributed by atoms with E-state index in [1.165, 1.54) is 12.1 Å². The van der Waals surface area contributed by atoms with E-state index >= 15 is 0 Å². The molecule has 102 valence electrons. The number of nitriles is 1. The van der Waals surface area contributed by atoms with Gasteiger partial charge in [-0.05, 0) is 36.4 Å². The van der Waals surface area contributed by atoms with Crippen LogP contribution in [0.4, 0.5) is 11.4 Å². The number of sulfonamides is 1. The third-order valence-corrected chi connectivity index (χ3v) is 4.16. The molecule has 2 rings (SSSR count). The second kappa shape index (κ2) is 5.63. The molecule has 0 spiro atoms. The molecule has 0 saturated heterocycles. The highest BCUT2D eigenvalue weighted by atomic mass is 32.2. The minimum atomic E-state index is -3.77. The molecule has 0 aliphatic heterocycles. The Balaban J connectivity index is 2.33. The number of rotatable bonds is 4. The highest BCUT2D eigenvalue weighted by Crippen LogP contribution is 2.20. The summed E-state index contributed by atoms with van der Waals surface area (Å²) >= 11 is 0. The standard InChI is InChI=1S/C14H13N3O2S/c1-16-12-6-8-13(9-7-12)17-20(18,19)14-5-3-2-4-11(14)10-15/h2-9,16-17H,1H3. The Bertz CT molecular complexity index is 747. The van der Waals surface area contributed by atoms with Crippen molar-refractivity contribution in [2.24, 2.45) is 0 Å². The van der Waals surface area contributed by atoms with E-state index in [0.717, 1.165) is 5.69 Å². The second-order valence-electron chi connectivity index (χ2n) is 4.04. The predicted molar refractivity (Wildman–Crippen MR) is 78.0 cm³/mol. The van der Waals surface area contributed by atoms with Crippen LogP contribution in [0.5, 0.6) is 0 Å². The first-order valence-electron chi connectivity index (χ1n) is 5.86. The zero-order valence-corrected chi connectivity index (χ0v) is 11.6. The second-order valence-corrected chi connectivity index (χ2v) is 5.69. The molecule has 0 amide bonds. The molecule has 0 radical (unpaired) electrons. The summed E-state index contributed by atoms with van der Waals surface area (Å²) < 4.78 is 27.0. The van der Waals surface area contributed by atoms with Crippen molar-refractivity contribution < 1.29 is 8.42 Å². The molecule has 0 aliphatic carbocycles. The average molecular weight is 287 g/mol. The molecule has 2 N–H and O–H groups in total. The average Bonchev–Trinajstić information content (AvgIpc) is 2.47. The molecule has 0 heterocycles. The Morgan fingerprint density at radius 3 is 2.20 bits per heavy atom. The zero-order valence-electron chi connectivity index (χ0n) is 10.8. The molecule has 0 atom stereocenters. The molecule has 20 heavy (non-hydrogen) atoms. The van der Waals surface area contributed by atoms with E-state index in [9.17, 15) is 8.42 Å². The van der Waals surface area contributed by atoms with Crippen molar-refractivity contribution in [3.63, 3.8) is 0 Å². The Morgan fingerprint density at radius 1 is 1.00 bits per heavy atom. The van der Waals surface area contributed by atoms with E-state index in [2.05, 4.69) is 10.0 Å². The van der Waals surface area contributed by atoms with Crippen LogP contribution in [0.25, 0.3) is 0 Å². The van der Waals surface area contributed by atoms with Gasteiger partial charge in [0.2, 0.25) is 0 Å². The number of benzene rings is 2. The minimum absolute atomic E-state index is 0.0276. The summed E-state index contributed by atoms with van der Waals surface area (Å²) in [5.74, 6) is 0. The van der Waals surface area contributed by atoms with Gasteiger partial charge >= 0.3 is 0 Å². The summed E-state index contributed by atoms with van der Waals surface area (Å²) in [6.45, 7) is 0. The molecular weight excluding hydrogens is 274 g/mol. The van der Waals surface area contributed by atoms with Gasteiger partial charge in [0.25, 0.3) is 10.0 Å². The Hall–Kier alpha value is -2.52. The molecule has 0 aromatic heterocycles. The lowest BCUT2D eigenvalue weighted by Crippen LogP contribution is -2.14. The van der Waals surface area contributed by atoms with Gasteiger partial charge in [-0.15, -0.1) is 0 Å². The van der Waals surface area contributed by atoms with E-state index < -0.39 is 10.0 Å². The molecule has 0 saturated carbocycles. The first kappa shape index (κ1) is 13.9. The van der Waals surface area contributed by atoms with Crippen LogP contribution in [0.2, 0.25) is 0 Å². The van der Waals surface area contributed by atoms with Gasteiger partial charge in [0.05, 0.1) is 5.56 Å². The monoisotopic (exact) mass is 287 g/mol. The summed E-state index contributed by atoms with van der Waals surface area (Å²) in [4.78, 5) is -0.0276. The number of hydrogen-bond acceptors (Lipinski definition) is 4. The fourth-order valence-electron chi connectivity index (χ4n) is 1.71. The SMILES string of the molecule is CNc1ccc(NS(=O)(=O)c2ccccc2C#N)cc1. The maximum absolute atomic E-state index is 12.3. The van der Waals surface area contributed by atoms with Gasteiger partial charge in [-0.25, -0.2) is 8.42 Å². The van der Waals surface area contributed by atoms with Crippen molar-refractivity contribution in [2.45, 2.75) is 4.90 Å². The normalized spacial score (nSPS) is 10.6. The lowest BCUT2D eigenvalue weighted by Gasteiger charge is -2.09. The van der Waals surface area contributed by atoms with Crippen LogP contribution in [-0.4, -0.2) is 15.5 Å². The van der Waals surface area contributed by atoms with E-state index in [1.807, 2.05) is 6.07 Å². The topological polar surface area (TPSA) is 82.0 Å². The maximum atomic E-state index is 12.3. The van der Waals surface area contributed by atoms with Crippen LogP contribution in [0, 0.1) is 11.3 Å². The molecule has 0 unspecified atom stereocenters. The van der Waals surface area contributed by atoms with Crippen molar-refractivity contribution in [1.29, 1.82) is 5.26 Å². The van der Waals surface area contributed by atoms with Gasteiger partial charge in [-0.2, -0.15) is 5.26 Å². The third-order valence-electron chi connectivity index (χ3n) is 2.72. The Kier molecular flexibility index (Phi) is 3.91. The quantitative estimate of drug-likeness (QED) is 0.904. The van der Waals surface area contributed by atoms with Gasteiger partial charge in [0.15, 0.2) is 0 Å². The highest BCUT2D eigenvalue weighted by Gasteiger charge is 2.18. The number of hydrogen-bond donors (Lipinski definition) is 2. The van der Waals surface area contributed by atoms with Gasteiger partial charge in [-0.1, -0.05) is 12.1 Å². The van der Waals surface area contributed by atoms with Gasteiger partial charge in [0, 0.05) is 18.4 Å². The smallest absolute Gasteiger partial charge is 0.263 e. The molecule has 0 fully saturated rings. The Morgan fingerprint density at radius 2 is 1.60 bits per heavy atom. The molecule has 5 nitrogen and oxygen atoms in total. The van der Waals surface area contributed by atoms with Crippen LogP contribution >= 0.6 is 0 Å². The molecule has 0 aliphatic rings. The fraction of sp³-hybridized carbons (Fsp3) is 0.0714. The number of anilines is 2. The summed E-state index contributed by atoms with van der Waals surface area (Å²) in [5, 5.41) is 11.9. The third kappa shape index (κ3) is 2.90.